The number of halogens is 1. The fourth-order valence-corrected chi connectivity index (χ4v) is 1.98. The Morgan fingerprint density at radius 1 is 1.20 bits per heavy atom. The molecule has 3 aromatic rings. The fraction of sp³-hybridized carbons (Fsp3) is 0. The largest absolute Gasteiger partial charge is 0.476 e. The maximum Gasteiger partial charge on any atom is 0.356 e. The molecule has 0 aliphatic heterocycles. The van der Waals surface area contributed by atoms with E-state index in [1.807, 2.05) is 0 Å². The molecule has 2 heterocycles. The number of nitrogens with zero attached hydrogens (tertiary/aromatic N) is 2. The van der Waals surface area contributed by atoms with Crippen molar-refractivity contribution in [1.82, 2.24) is 9.38 Å². The lowest BCUT2D eigenvalue weighted by molar-refractivity contribution is 0.0690. The number of aromatic carboxylic acids is 1. The summed E-state index contributed by atoms with van der Waals surface area (Å²) in [6, 6.07) is 11.2. The molecule has 0 aliphatic carbocycles. The number of imidazole rings is 1. The predicted octanol–water partition coefficient (Wildman–Crippen LogP) is 2.92. The molecule has 0 saturated heterocycles. The van der Waals surface area contributed by atoms with Gasteiger partial charge in [-0.05, 0) is 24.3 Å². The van der Waals surface area contributed by atoms with Crippen molar-refractivity contribution < 1.29 is 14.3 Å². The molecule has 0 saturated carbocycles. The number of carboxylic acid groups (broad SMARTS) is 1. The van der Waals surface area contributed by atoms with Gasteiger partial charge >= 0.3 is 5.97 Å². The number of anilines is 2. The van der Waals surface area contributed by atoms with Gasteiger partial charge < -0.3 is 10.4 Å². The summed E-state index contributed by atoms with van der Waals surface area (Å²) in [7, 11) is 0. The molecule has 0 spiro atoms. The predicted molar refractivity (Wildman–Crippen MR) is 71.8 cm³/mol. The second-order valence-electron chi connectivity index (χ2n) is 4.15. The summed E-state index contributed by atoms with van der Waals surface area (Å²) in [5, 5.41) is 12.0. The highest BCUT2D eigenvalue weighted by Gasteiger charge is 2.19. The lowest BCUT2D eigenvalue weighted by atomic mass is 10.3. The number of carboxylic acids is 1. The SMILES string of the molecule is O=C(O)c1c(Nc2ccccc2F)nc2ccccn12. The standard InChI is InChI=1S/C14H10FN3O2/c15-9-5-1-2-6-10(9)16-13-12(14(19)20)18-8-4-3-7-11(18)17-13/h1-8,16H,(H,19,20). The van der Waals surface area contributed by atoms with Gasteiger partial charge in [0.2, 0.25) is 0 Å². The van der Waals surface area contributed by atoms with E-state index in [0.717, 1.165) is 0 Å². The summed E-state index contributed by atoms with van der Waals surface area (Å²) in [4.78, 5) is 15.6. The van der Waals surface area contributed by atoms with Gasteiger partial charge in [0.15, 0.2) is 11.5 Å². The monoisotopic (exact) mass is 271 g/mol. The smallest absolute Gasteiger partial charge is 0.356 e. The van der Waals surface area contributed by atoms with Crippen molar-refractivity contribution in [3.63, 3.8) is 0 Å². The average molecular weight is 271 g/mol. The third kappa shape index (κ3) is 1.97. The minimum atomic E-state index is -1.14. The van der Waals surface area contributed by atoms with Gasteiger partial charge in [-0.15, -0.1) is 0 Å². The Morgan fingerprint density at radius 2 is 1.95 bits per heavy atom. The number of carbonyl (C=O) groups is 1. The number of aromatic nitrogens is 2. The molecule has 100 valence electrons. The van der Waals surface area contributed by atoms with Crippen molar-refractivity contribution in [2.45, 2.75) is 0 Å². The van der Waals surface area contributed by atoms with Crippen LogP contribution in [-0.4, -0.2) is 20.5 Å². The van der Waals surface area contributed by atoms with E-state index in [0.29, 0.717) is 5.65 Å². The van der Waals surface area contributed by atoms with Crippen molar-refractivity contribution in [1.29, 1.82) is 0 Å². The first-order chi connectivity index (χ1) is 9.66. The molecule has 0 fully saturated rings. The number of hydrogen-bond donors (Lipinski definition) is 2. The quantitative estimate of drug-likeness (QED) is 0.768. The molecule has 1 aromatic carbocycles. The van der Waals surface area contributed by atoms with Gasteiger partial charge in [-0.2, -0.15) is 0 Å². The third-order valence-electron chi connectivity index (χ3n) is 2.86. The Balaban J connectivity index is 2.14. The Kier molecular flexibility index (Phi) is 2.83. The van der Waals surface area contributed by atoms with Crippen LogP contribution in [-0.2, 0) is 0 Å². The highest BCUT2D eigenvalue weighted by atomic mass is 19.1. The van der Waals surface area contributed by atoms with Gasteiger partial charge in [0.05, 0.1) is 5.69 Å². The van der Waals surface area contributed by atoms with E-state index in [1.54, 1.807) is 36.5 Å². The van der Waals surface area contributed by atoms with E-state index in [4.69, 9.17) is 0 Å². The Bertz CT molecular complexity index is 798. The van der Waals surface area contributed by atoms with Gasteiger partial charge in [-0.1, -0.05) is 18.2 Å². The number of hydrogen-bond acceptors (Lipinski definition) is 3. The van der Waals surface area contributed by atoms with Crippen molar-refractivity contribution >= 4 is 23.1 Å². The van der Waals surface area contributed by atoms with Crippen LogP contribution < -0.4 is 5.32 Å². The maximum atomic E-state index is 13.6. The van der Waals surface area contributed by atoms with Gasteiger partial charge in [0.1, 0.15) is 11.5 Å². The second-order valence-corrected chi connectivity index (χ2v) is 4.15. The number of benzene rings is 1. The van der Waals surface area contributed by atoms with Crippen LogP contribution in [0.15, 0.2) is 48.7 Å². The topological polar surface area (TPSA) is 66.6 Å². The summed E-state index contributed by atoms with van der Waals surface area (Å²) in [6.45, 7) is 0. The summed E-state index contributed by atoms with van der Waals surface area (Å²) in [5.74, 6) is -1.50. The van der Waals surface area contributed by atoms with E-state index >= 15 is 0 Å². The first-order valence-corrected chi connectivity index (χ1v) is 5.89. The zero-order valence-corrected chi connectivity index (χ0v) is 10.2. The van der Waals surface area contributed by atoms with Gasteiger partial charge in [-0.25, -0.2) is 14.2 Å². The number of nitrogens with one attached hydrogen (secondary N) is 1. The van der Waals surface area contributed by atoms with Crippen LogP contribution in [0.1, 0.15) is 10.5 Å². The summed E-state index contributed by atoms with van der Waals surface area (Å²) in [6.07, 6.45) is 1.60. The minimum Gasteiger partial charge on any atom is -0.476 e. The van der Waals surface area contributed by atoms with Crippen molar-refractivity contribution in [3.8, 4) is 0 Å². The van der Waals surface area contributed by atoms with E-state index in [2.05, 4.69) is 10.3 Å². The molecule has 3 rings (SSSR count). The lowest BCUT2D eigenvalue weighted by Crippen LogP contribution is -2.05. The van der Waals surface area contributed by atoms with Crippen molar-refractivity contribution in [2.75, 3.05) is 5.32 Å². The number of para-hydroxylation sites is 1. The fourth-order valence-electron chi connectivity index (χ4n) is 1.98. The first kappa shape index (κ1) is 12.2. The molecule has 0 aliphatic rings. The Hall–Kier alpha value is -2.89. The molecule has 0 unspecified atom stereocenters. The van der Waals surface area contributed by atoms with Gasteiger partial charge in [0.25, 0.3) is 0 Å². The van der Waals surface area contributed by atoms with Crippen LogP contribution in [0, 0.1) is 5.82 Å². The third-order valence-corrected chi connectivity index (χ3v) is 2.86. The van der Waals surface area contributed by atoms with Crippen LogP contribution in [0.25, 0.3) is 5.65 Å². The van der Waals surface area contributed by atoms with Crippen LogP contribution in [0.4, 0.5) is 15.9 Å². The van der Waals surface area contributed by atoms with Crippen LogP contribution >= 0.6 is 0 Å². The molecular formula is C14H10FN3O2. The van der Waals surface area contributed by atoms with E-state index in [-0.39, 0.29) is 17.2 Å². The van der Waals surface area contributed by atoms with Crippen molar-refractivity contribution in [2.24, 2.45) is 0 Å². The molecule has 5 nitrogen and oxygen atoms in total. The van der Waals surface area contributed by atoms with Crippen LogP contribution in [0.5, 0.6) is 0 Å². The molecule has 2 N–H and O–H groups in total. The van der Waals surface area contributed by atoms with Crippen molar-refractivity contribution in [3.05, 3.63) is 60.2 Å². The minimum absolute atomic E-state index is 0.0381. The van der Waals surface area contributed by atoms with E-state index in [9.17, 15) is 14.3 Å². The summed E-state index contributed by atoms with van der Waals surface area (Å²) in [5.41, 5.74) is 0.617. The van der Waals surface area contributed by atoms with Crippen LogP contribution in [0.3, 0.4) is 0 Å². The highest BCUT2D eigenvalue weighted by Crippen LogP contribution is 2.23. The van der Waals surface area contributed by atoms with Gasteiger partial charge in [-0.3, -0.25) is 4.40 Å². The zero-order chi connectivity index (χ0) is 14.1. The Labute approximate surface area is 113 Å². The first-order valence-electron chi connectivity index (χ1n) is 5.89. The summed E-state index contributed by atoms with van der Waals surface area (Å²) < 4.78 is 15.1. The lowest BCUT2D eigenvalue weighted by Gasteiger charge is -2.05. The Morgan fingerprint density at radius 3 is 2.70 bits per heavy atom. The second kappa shape index (κ2) is 4.65. The zero-order valence-electron chi connectivity index (χ0n) is 10.2. The van der Waals surface area contributed by atoms with E-state index in [1.165, 1.54) is 16.5 Å². The van der Waals surface area contributed by atoms with Gasteiger partial charge in [0, 0.05) is 6.20 Å². The molecule has 6 heteroatoms. The molecule has 0 radical (unpaired) electrons. The molecule has 0 amide bonds. The molecular weight excluding hydrogens is 261 g/mol. The highest BCUT2D eigenvalue weighted by molar-refractivity contribution is 5.93. The number of fused-ring (bicyclic) bond motifs is 1. The van der Waals surface area contributed by atoms with E-state index < -0.39 is 11.8 Å². The molecule has 20 heavy (non-hydrogen) atoms. The normalized spacial score (nSPS) is 10.7. The molecule has 2 aromatic heterocycles. The molecule has 0 atom stereocenters. The maximum absolute atomic E-state index is 13.6. The summed E-state index contributed by atoms with van der Waals surface area (Å²) >= 11 is 0. The van der Waals surface area contributed by atoms with Crippen LogP contribution in [0.2, 0.25) is 0 Å². The average Bonchev–Trinajstić information content (AvgIpc) is 2.79. The number of pyridine rings is 1. The molecule has 0 bridgehead atoms. The number of rotatable bonds is 3.